The molecular formula is C25H32N4O4S. The van der Waals surface area contributed by atoms with E-state index < -0.39 is 16.1 Å². The van der Waals surface area contributed by atoms with Crippen molar-refractivity contribution in [1.29, 1.82) is 0 Å². The Labute approximate surface area is 201 Å². The molecule has 4 rings (SSSR count). The van der Waals surface area contributed by atoms with Gasteiger partial charge in [-0.25, -0.2) is 18.1 Å². The topological polar surface area (TPSA) is 81.2 Å². The highest BCUT2D eigenvalue weighted by Gasteiger charge is 2.44. The Morgan fingerprint density at radius 3 is 2.12 bits per heavy atom. The van der Waals surface area contributed by atoms with Gasteiger partial charge in [0.05, 0.1) is 11.6 Å². The standard InChI is InChI=1S/C25H32N4O4S/c1-4-5-21-8-12-23(13-9-21)34(32,33)27-16-14-26(15-17-27)18-28-24(30)20(3)29(25(28)31)22-10-6-19(2)7-11-22/h6-13,20H,4-5,14-18H2,1-3H3. The maximum absolute atomic E-state index is 13.1. The molecule has 0 spiro atoms. The van der Waals surface area contributed by atoms with Crippen molar-refractivity contribution in [1.82, 2.24) is 14.1 Å². The van der Waals surface area contributed by atoms with Gasteiger partial charge >= 0.3 is 6.03 Å². The fraction of sp³-hybridized carbons (Fsp3) is 0.440. The Morgan fingerprint density at radius 1 is 0.912 bits per heavy atom. The molecule has 2 saturated heterocycles. The van der Waals surface area contributed by atoms with E-state index >= 15 is 0 Å². The van der Waals surface area contributed by atoms with Crippen LogP contribution in [0.4, 0.5) is 10.5 Å². The second-order valence-corrected chi connectivity index (χ2v) is 10.9. The second-order valence-electron chi connectivity index (χ2n) is 8.99. The summed E-state index contributed by atoms with van der Waals surface area (Å²) in [6, 6.07) is 13.7. The number of rotatable bonds is 7. The summed E-state index contributed by atoms with van der Waals surface area (Å²) in [6.07, 6.45) is 1.94. The average molecular weight is 485 g/mol. The number of hydrogen-bond acceptors (Lipinski definition) is 5. The van der Waals surface area contributed by atoms with Crippen LogP contribution in [-0.4, -0.2) is 73.4 Å². The minimum atomic E-state index is -3.57. The molecule has 182 valence electrons. The van der Waals surface area contributed by atoms with Crippen LogP contribution in [0.25, 0.3) is 0 Å². The molecule has 2 heterocycles. The van der Waals surface area contributed by atoms with Crippen LogP contribution >= 0.6 is 0 Å². The number of hydrogen-bond donors (Lipinski definition) is 0. The zero-order valence-electron chi connectivity index (χ0n) is 20.0. The number of carbonyl (C=O) groups excluding carboxylic acids is 2. The van der Waals surface area contributed by atoms with Crippen LogP contribution in [-0.2, 0) is 21.2 Å². The molecule has 34 heavy (non-hydrogen) atoms. The van der Waals surface area contributed by atoms with Crippen molar-refractivity contribution >= 4 is 27.6 Å². The molecule has 1 atom stereocenters. The fourth-order valence-electron chi connectivity index (χ4n) is 4.47. The van der Waals surface area contributed by atoms with Gasteiger partial charge in [0.1, 0.15) is 6.04 Å². The lowest BCUT2D eigenvalue weighted by atomic mass is 10.1. The molecule has 0 aromatic heterocycles. The number of nitrogens with zero attached hydrogens (tertiary/aromatic N) is 4. The van der Waals surface area contributed by atoms with Crippen LogP contribution in [0.5, 0.6) is 0 Å². The first-order valence-electron chi connectivity index (χ1n) is 11.7. The van der Waals surface area contributed by atoms with E-state index in [1.165, 1.54) is 14.1 Å². The van der Waals surface area contributed by atoms with E-state index in [-0.39, 0.29) is 18.6 Å². The maximum Gasteiger partial charge on any atom is 0.333 e. The van der Waals surface area contributed by atoms with Crippen LogP contribution in [0.2, 0.25) is 0 Å². The zero-order chi connectivity index (χ0) is 24.5. The van der Waals surface area contributed by atoms with Crippen molar-refractivity contribution < 1.29 is 18.0 Å². The maximum atomic E-state index is 13.1. The lowest BCUT2D eigenvalue weighted by Gasteiger charge is -2.35. The number of aryl methyl sites for hydroxylation is 2. The molecule has 0 radical (unpaired) electrons. The first-order valence-corrected chi connectivity index (χ1v) is 13.2. The van der Waals surface area contributed by atoms with Crippen molar-refractivity contribution in [3.05, 3.63) is 59.7 Å². The number of carbonyl (C=O) groups is 2. The predicted molar refractivity (Wildman–Crippen MR) is 131 cm³/mol. The van der Waals surface area contributed by atoms with Gasteiger partial charge in [0.15, 0.2) is 0 Å². The van der Waals surface area contributed by atoms with E-state index in [1.807, 2.05) is 48.2 Å². The van der Waals surface area contributed by atoms with Gasteiger partial charge in [0, 0.05) is 31.9 Å². The average Bonchev–Trinajstić information content (AvgIpc) is 3.04. The van der Waals surface area contributed by atoms with E-state index in [0.29, 0.717) is 36.8 Å². The molecule has 1 unspecified atom stereocenters. The summed E-state index contributed by atoms with van der Waals surface area (Å²) in [7, 11) is -3.57. The van der Waals surface area contributed by atoms with Gasteiger partial charge in [-0.05, 0) is 50.1 Å². The predicted octanol–water partition coefficient (Wildman–Crippen LogP) is 3.07. The summed E-state index contributed by atoms with van der Waals surface area (Å²) in [5, 5.41) is 0. The van der Waals surface area contributed by atoms with Gasteiger partial charge in [0.25, 0.3) is 5.91 Å². The van der Waals surface area contributed by atoms with Crippen molar-refractivity contribution in [2.24, 2.45) is 0 Å². The first kappa shape index (κ1) is 24.4. The third-order valence-electron chi connectivity index (χ3n) is 6.53. The molecular weight excluding hydrogens is 452 g/mol. The molecule has 2 fully saturated rings. The molecule has 0 bridgehead atoms. The van der Waals surface area contributed by atoms with Gasteiger partial charge < -0.3 is 0 Å². The SMILES string of the molecule is CCCc1ccc(S(=O)(=O)N2CCN(CN3C(=O)C(C)N(c4ccc(C)cc4)C3=O)CC2)cc1. The van der Waals surface area contributed by atoms with Gasteiger partial charge in [-0.2, -0.15) is 4.31 Å². The molecule has 2 aliphatic heterocycles. The third-order valence-corrected chi connectivity index (χ3v) is 8.45. The van der Waals surface area contributed by atoms with Gasteiger partial charge in [0.2, 0.25) is 10.0 Å². The largest absolute Gasteiger partial charge is 0.333 e. The summed E-state index contributed by atoms with van der Waals surface area (Å²) < 4.78 is 27.6. The van der Waals surface area contributed by atoms with Crippen LogP contribution in [0.1, 0.15) is 31.4 Å². The minimum absolute atomic E-state index is 0.157. The number of benzene rings is 2. The Kier molecular flexibility index (Phi) is 7.06. The molecule has 3 amide bonds. The summed E-state index contributed by atoms with van der Waals surface area (Å²) in [6.45, 7) is 7.47. The lowest BCUT2D eigenvalue weighted by molar-refractivity contribution is -0.128. The Bertz CT molecular complexity index is 1140. The van der Waals surface area contributed by atoms with E-state index in [9.17, 15) is 18.0 Å². The lowest BCUT2D eigenvalue weighted by Crippen LogP contribution is -2.52. The number of imide groups is 1. The smallest absolute Gasteiger partial charge is 0.283 e. The quantitative estimate of drug-likeness (QED) is 0.564. The number of amides is 3. The first-order chi connectivity index (χ1) is 16.2. The summed E-state index contributed by atoms with van der Waals surface area (Å²) in [4.78, 5) is 31.0. The van der Waals surface area contributed by atoms with Crippen LogP contribution in [0.15, 0.2) is 53.4 Å². The second kappa shape index (κ2) is 9.85. The van der Waals surface area contributed by atoms with E-state index in [0.717, 1.165) is 24.0 Å². The molecule has 2 aromatic rings. The molecule has 0 N–H and O–H groups in total. The van der Waals surface area contributed by atoms with Crippen molar-refractivity contribution in [2.45, 2.75) is 44.6 Å². The Balaban J connectivity index is 1.38. The fourth-order valence-corrected chi connectivity index (χ4v) is 5.89. The highest BCUT2D eigenvalue weighted by atomic mass is 32.2. The van der Waals surface area contributed by atoms with E-state index in [2.05, 4.69) is 6.92 Å². The van der Waals surface area contributed by atoms with Crippen LogP contribution in [0.3, 0.4) is 0 Å². The van der Waals surface area contributed by atoms with Crippen molar-refractivity contribution in [3.63, 3.8) is 0 Å². The highest BCUT2D eigenvalue weighted by Crippen LogP contribution is 2.27. The Hall–Kier alpha value is -2.75. The molecule has 9 heteroatoms. The van der Waals surface area contributed by atoms with Gasteiger partial charge in [-0.15, -0.1) is 0 Å². The Morgan fingerprint density at radius 2 is 1.53 bits per heavy atom. The molecule has 8 nitrogen and oxygen atoms in total. The summed E-state index contributed by atoms with van der Waals surface area (Å²) in [5.74, 6) is -0.243. The van der Waals surface area contributed by atoms with Crippen LogP contribution in [0, 0.1) is 6.92 Å². The van der Waals surface area contributed by atoms with Crippen molar-refractivity contribution in [2.75, 3.05) is 37.7 Å². The molecule has 0 saturated carbocycles. The third kappa shape index (κ3) is 4.73. The normalized spacial score (nSPS) is 20.4. The molecule has 2 aromatic carbocycles. The number of anilines is 1. The number of piperazine rings is 1. The number of sulfonamides is 1. The van der Waals surface area contributed by atoms with Crippen molar-refractivity contribution in [3.8, 4) is 0 Å². The molecule has 2 aliphatic rings. The van der Waals surface area contributed by atoms with Gasteiger partial charge in [-0.3, -0.25) is 14.6 Å². The monoisotopic (exact) mass is 484 g/mol. The van der Waals surface area contributed by atoms with E-state index in [4.69, 9.17) is 0 Å². The summed E-state index contributed by atoms with van der Waals surface area (Å²) in [5.41, 5.74) is 2.90. The zero-order valence-corrected chi connectivity index (χ0v) is 20.8. The number of urea groups is 1. The highest BCUT2D eigenvalue weighted by molar-refractivity contribution is 7.89. The molecule has 0 aliphatic carbocycles. The van der Waals surface area contributed by atoms with E-state index in [1.54, 1.807) is 19.1 Å². The van der Waals surface area contributed by atoms with Crippen LogP contribution < -0.4 is 4.90 Å². The minimum Gasteiger partial charge on any atom is -0.283 e. The van der Waals surface area contributed by atoms with Gasteiger partial charge in [-0.1, -0.05) is 43.2 Å². The summed E-state index contributed by atoms with van der Waals surface area (Å²) >= 11 is 0.